The summed E-state index contributed by atoms with van der Waals surface area (Å²) in [6, 6.07) is 15.3. The molecule has 1 fully saturated rings. The Labute approximate surface area is 183 Å². The van der Waals surface area contributed by atoms with E-state index in [-0.39, 0.29) is 11.9 Å². The standard InChI is InChI=1S/C23H22F3N3O3/c24-23(25,26)32-20-8-6-18(7-9-20)31-19-10-12-29(13-11-19)22-27-14-21(15-28-22)30-16-17-4-2-1-3-5-17/h1-9,14-15,19H,10-13,16H2. The van der Waals surface area contributed by atoms with E-state index >= 15 is 0 Å². The van der Waals surface area contributed by atoms with Crippen molar-refractivity contribution in [2.45, 2.75) is 31.9 Å². The van der Waals surface area contributed by atoms with E-state index in [0.29, 0.717) is 37.1 Å². The lowest BCUT2D eigenvalue weighted by Gasteiger charge is -2.32. The number of anilines is 1. The molecule has 0 aliphatic carbocycles. The number of alkyl halides is 3. The molecule has 32 heavy (non-hydrogen) atoms. The van der Waals surface area contributed by atoms with Crippen LogP contribution < -0.4 is 19.1 Å². The number of nitrogens with zero attached hydrogens (tertiary/aromatic N) is 3. The van der Waals surface area contributed by atoms with Gasteiger partial charge in [0.1, 0.15) is 24.2 Å². The number of piperidine rings is 1. The number of halogens is 3. The van der Waals surface area contributed by atoms with Gasteiger partial charge in [-0.2, -0.15) is 0 Å². The summed E-state index contributed by atoms with van der Waals surface area (Å²) in [5, 5.41) is 0. The van der Waals surface area contributed by atoms with Gasteiger partial charge in [0.05, 0.1) is 12.4 Å². The maximum atomic E-state index is 12.2. The molecule has 2 heterocycles. The fourth-order valence-corrected chi connectivity index (χ4v) is 3.37. The van der Waals surface area contributed by atoms with Crippen LogP contribution in [0.2, 0.25) is 0 Å². The summed E-state index contributed by atoms with van der Waals surface area (Å²) in [6.45, 7) is 1.88. The zero-order valence-electron chi connectivity index (χ0n) is 17.2. The summed E-state index contributed by atoms with van der Waals surface area (Å²) in [7, 11) is 0. The van der Waals surface area contributed by atoms with E-state index < -0.39 is 6.36 Å². The maximum absolute atomic E-state index is 12.2. The lowest BCUT2D eigenvalue weighted by atomic mass is 10.1. The highest BCUT2D eigenvalue weighted by atomic mass is 19.4. The Kier molecular flexibility index (Phi) is 6.63. The summed E-state index contributed by atoms with van der Waals surface area (Å²) < 4.78 is 52.2. The van der Waals surface area contributed by atoms with Crippen LogP contribution in [0.1, 0.15) is 18.4 Å². The van der Waals surface area contributed by atoms with Crippen LogP contribution in [0.3, 0.4) is 0 Å². The summed E-state index contributed by atoms with van der Waals surface area (Å²) in [4.78, 5) is 10.9. The van der Waals surface area contributed by atoms with Crippen LogP contribution in [0.15, 0.2) is 67.0 Å². The molecule has 0 spiro atoms. The summed E-state index contributed by atoms with van der Waals surface area (Å²) >= 11 is 0. The van der Waals surface area contributed by atoms with E-state index in [2.05, 4.69) is 19.6 Å². The quantitative estimate of drug-likeness (QED) is 0.510. The molecule has 1 saturated heterocycles. The van der Waals surface area contributed by atoms with Crippen molar-refractivity contribution < 1.29 is 27.4 Å². The third-order valence-corrected chi connectivity index (χ3v) is 4.95. The Morgan fingerprint density at radius 2 is 1.47 bits per heavy atom. The molecule has 1 aliphatic rings. The summed E-state index contributed by atoms with van der Waals surface area (Å²) in [6.07, 6.45) is 0.0850. The minimum atomic E-state index is -4.70. The number of rotatable bonds is 7. The molecule has 9 heteroatoms. The average molecular weight is 445 g/mol. The Morgan fingerprint density at radius 1 is 0.844 bits per heavy atom. The van der Waals surface area contributed by atoms with E-state index in [1.165, 1.54) is 24.3 Å². The molecular weight excluding hydrogens is 423 g/mol. The van der Waals surface area contributed by atoms with Gasteiger partial charge in [-0.15, -0.1) is 13.2 Å². The fraction of sp³-hybridized carbons (Fsp3) is 0.304. The molecule has 168 valence electrons. The lowest BCUT2D eigenvalue weighted by molar-refractivity contribution is -0.274. The molecule has 6 nitrogen and oxygen atoms in total. The highest BCUT2D eigenvalue weighted by Gasteiger charge is 2.31. The predicted octanol–water partition coefficient (Wildman–Crippen LogP) is 5.00. The maximum Gasteiger partial charge on any atom is 0.573 e. The Morgan fingerprint density at radius 3 is 2.09 bits per heavy atom. The van der Waals surface area contributed by atoms with E-state index in [9.17, 15) is 13.2 Å². The molecule has 0 radical (unpaired) electrons. The van der Waals surface area contributed by atoms with Crippen LogP contribution in [0.25, 0.3) is 0 Å². The van der Waals surface area contributed by atoms with E-state index in [0.717, 1.165) is 18.4 Å². The SMILES string of the molecule is FC(F)(F)Oc1ccc(OC2CCN(c3ncc(OCc4ccccc4)cn3)CC2)cc1. The van der Waals surface area contributed by atoms with Crippen molar-refractivity contribution in [2.24, 2.45) is 0 Å². The number of hydrogen-bond donors (Lipinski definition) is 0. The molecule has 0 N–H and O–H groups in total. The highest BCUT2D eigenvalue weighted by Crippen LogP contribution is 2.27. The number of hydrogen-bond acceptors (Lipinski definition) is 6. The van der Waals surface area contributed by atoms with Crippen LogP contribution in [0.5, 0.6) is 17.2 Å². The van der Waals surface area contributed by atoms with Crippen molar-refractivity contribution in [3.8, 4) is 17.2 Å². The number of aromatic nitrogens is 2. The largest absolute Gasteiger partial charge is 0.573 e. The van der Waals surface area contributed by atoms with Crippen LogP contribution in [-0.2, 0) is 6.61 Å². The van der Waals surface area contributed by atoms with Crippen molar-refractivity contribution in [1.82, 2.24) is 9.97 Å². The van der Waals surface area contributed by atoms with Gasteiger partial charge in [-0.05, 0) is 29.8 Å². The first-order valence-electron chi connectivity index (χ1n) is 10.2. The predicted molar refractivity (Wildman–Crippen MR) is 112 cm³/mol. The van der Waals surface area contributed by atoms with Gasteiger partial charge < -0.3 is 19.1 Å². The van der Waals surface area contributed by atoms with Crippen molar-refractivity contribution in [3.05, 3.63) is 72.6 Å². The van der Waals surface area contributed by atoms with Gasteiger partial charge in [0.2, 0.25) is 5.95 Å². The molecule has 4 rings (SSSR count). The molecule has 3 aromatic rings. The second-order valence-corrected chi connectivity index (χ2v) is 7.32. The van der Waals surface area contributed by atoms with Crippen molar-refractivity contribution >= 4 is 5.95 Å². The monoisotopic (exact) mass is 445 g/mol. The Balaban J connectivity index is 1.23. The van der Waals surface area contributed by atoms with Crippen LogP contribution in [-0.4, -0.2) is 35.5 Å². The van der Waals surface area contributed by atoms with Crippen LogP contribution in [0.4, 0.5) is 19.1 Å². The Hall–Kier alpha value is -3.49. The number of ether oxygens (including phenoxy) is 3. The second kappa shape index (κ2) is 9.76. The zero-order valence-corrected chi connectivity index (χ0v) is 17.2. The zero-order chi connectivity index (χ0) is 22.4. The minimum absolute atomic E-state index is 0.0332. The first-order valence-corrected chi connectivity index (χ1v) is 10.2. The van der Waals surface area contributed by atoms with Crippen LogP contribution in [0, 0.1) is 0 Å². The normalized spacial score (nSPS) is 14.8. The molecule has 2 aromatic carbocycles. The third kappa shape index (κ3) is 6.26. The molecule has 0 saturated carbocycles. The van der Waals surface area contributed by atoms with Crippen molar-refractivity contribution in [1.29, 1.82) is 0 Å². The fourth-order valence-electron chi connectivity index (χ4n) is 3.37. The highest BCUT2D eigenvalue weighted by molar-refractivity contribution is 5.33. The van der Waals surface area contributed by atoms with E-state index in [1.54, 1.807) is 12.4 Å². The topological polar surface area (TPSA) is 56.7 Å². The van der Waals surface area contributed by atoms with Gasteiger partial charge in [-0.3, -0.25) is 0 Å². The smallest absolute Gasteiger partial charge is 0.490 e. The summed E-state index contributed by atoms with van der Waals surface area (Å²) in [5.74, 6) is 1.47. The van der Waals surface area contributed by atoms with Crippen molar-refractivity contribution in [2.75, 3.05) is 18.0 Å². The minimum Gasteiger partial charge on any atom is -0.490 e. The number of benzene rings is 2. The molecule has 0 amide bonds. The van der Waals surface area contributed by atoms with E-state index in [1.807, 2.05) is 30.3 Å². The molecule has 0 atom stereocenters. The second-order valence-electron chi connectivity index (χ2n) is 7.32. The first kappa shape index (κ1) is 21.7. The molecule has 1 aromatic heterocycles. The molecule has 1 aliphatic heterocycles. The van der Waals surface area contributed by atoms with E-state index in [4.69, 9.17) is 9.47 Å². The van der Waals surface area contributed by atoms with Gasteiger partial charge in [-0.1, -0.05) is 30.3 Å². The van der Waals surface area contributed by atoms with Gasteiger partial charge in [-0.25, -0.2) is 9.97 Å². The van der Waals surface area contributed by atoms with Crippen molar-refractivity contribution in [3.63, 3.8) is 0 Å². The van der Waals surface area contributed by atoms with Crippen LogP contribution >= 0.6 is 0 Å². The van der Waals surface area contributed by atoms with Gasteiger partial charge in [0.15, 0.2) is 5.75 Å². The first-order chi connectivity index (χ1) is 15.4. The molecular formula is C23H22F3N3O3. The Bertz CT molecular complexity index is 975. The van der Waals surface area contributed by atoms with Gasteiger partial charge in [0.25, 0.3) is 0 Å². The average Bonchev–Trinajstić information content (AvgIpc) is 2.80. The van der Waals surface area contributed by atoms with Gasteiger partial charge >= 0.3 is 6.36 Å². The summed E-state index contributed by atoms with van der Waals surface area (Å²) in [5.41, 5.74) is 1.07. The third-order valence-electron chi connectivity index (χ3n) is 4.95. The van der Waals surface area contributed by atoms with Gasteiger partial charge in [0, 0.05) is 25.9 Å². The lowest BCUT2D eigenvalue weighted by Crippen LogP contribution is -2.39. The molecule has 0 unspecified atom stereocenters. The molecule has 0 bridgehead atoms.